The molecule has 0 saturated carbocycles. The molecule has 2 unspecified atom stereocenters. The highest BCUT2D eigenvalue weighted by molar-refractivity contribution is 7.86. The molecule has 2 heterocycles. The normalized spacial score (nSPS) is 18.8. The van der Waals surface area contributed by atoms with Gasteiger partial charge in [-0.25, -0.2) is 19.2 Å². The van der Waals surface area contributed by atoms with Crippen LogP contribution in [0.1, 0.15) is 114 Å². The summed E-state index contributed by atoms with van der Waals surface area (Å²) in [6.07, 6.45) is 11.5. The summed E-state index contributed by atoms with van der Waals surface area (Å²) < 4.78 is 109. The van der Waals surface area contributed by atoms with Crippen molar-refractivity contribution in [1.29, 1.82) is 0 Å². The third-order valence-electron chi connectivity index (χ3n) is 14.9. The van der Waals surface area contributed by atoms with Gasteiger partial charge in [-0.05, 0) is 124 Å². The summed E-state index contributed by atoms with van der Waals surface area (Å²) in [6, 6.07) is 25.6. The van der Waals surface area contributed by atoms with Crippen LogP contribution in [0.5, 0.6) is 23.0 Å². The van der Waals surface area contributed by atoms with Gasteiger partial charge in [0.15, 0.2) is 25.2 Å². The van der Waals surface area contributed by atoms with Gasteiger partial charge in [0.25, 0.3) is 10.1 Å². The fraction of sp³-hybridized carbons (Fsp3) is 0.514. The molecule has 0 radical (unpaired) electrons. The Balaban J connectivity index is 0.000000417. The maximum Gasteiger partial charge on any atom is 0.342 e. The molecule has 0 aliphatic carbocycles. The number of carbonyl (C=O) groups is 4. The minimum absolute atomic E-state index is 0. The molecule has 99 heavy (non-hydrogen) atoms. The molecule has 22 nitrogen and oxygen atoms in total. The molecular formula is C74H106O22SSi2. The monoisotopic (exact) mass is 1430 g/mol. The van der Waals surface area contributed by atoms with Crippen molar-refractivity contribution in [1.82, 2.24) is 0 Å². The molecule has 2 aliphatic rings. The number of hydrogen-bond acceptors (Lipinski definition) is 22. The number of benzene rings is 4. The predicted octanol–water partition coefficient (Wildman–Crippen LogP) is 13.6. The van der Waals surface area contributed by atoms with E-state index in [-0.39, 0.29) is 75.3 Å². The zero-order valence-corrected chi connectivity index (χ0v) is 62.6. The van der Waals surface area contributed by atoms with E-state index in [1.807, 2.05) is 25.1 Å². The van der Waals surface area contributed by atoms with Crippen molar-refractivity contribution in [3.05, 3.63) is 155 Å². The van der Waals surface area contributed by atoms with Gasteiger partial charge in [0.1, 0.15) is 58.5 Å². The number of esters is 4. The van der Waals surface area contributed by atoms with E-state index in [2.05, 4.69) is 39.3 Å². The average Bonchev–Trinajstić information content (AvgIpc) is 1.43. The molecule has 2 aliphatic heterocycles. The minimum Gasteiger partial charge on any atom is -0.497 e. The predicted molar refractivity (Wildman–Crippen MR) is 385 cm³/mol. The summed E-state index contributed by atoms with van der Waals surface area (Å²) in [4.78, 5) is 53.3. The third kappa shape index (κ3) is 29.2. The zero-order chi connectivity index (χ0) is 72.4. The Kier molecular flexibility index (Phi) is 34.0. The molecular weight excluding hydrogens is 1330 g/mol. The van der Waals surface area contributed by atoms with Gasteiger partial charge in [0.2, 0.25) is 0 Å². The van der Waals surface area contributed by atoms with Crippen molar-refractivity contribution in [2.24, 2.45) is 11.8 Å². The molecule has 548 valence electrons. The van der Waals surface area contributed by atoms with E-state index in [1.165, 1.54) is 28.4 Å². The molecule has 0 spiro atoms. The van der Waals surface area contributed by atoms with Gasteiger partial charge >= 0.3 is 23.9 Å². The van der Waals surface area contributed by atoms with Gasteiger partial charge in [0.05, 0.1) is 63.6 Å². The first-order valence-electron chi connectivity index (χ1n) is 32.6. The molecule has 0 amide bonds. The minimum atomic E-state index is -3.64. The molecule has 4 aromatic carbocycles. The summed E-state index contributed by atoms with van der Waals surface area (Å²) in [5.41, 5.74) is 2.28. The van der Waals surface area contributed by atoms with Crippen molar-refractivity contribution in [3.63, 3.8) is 0 Å². The smallest absolute Gasteiger partial charge is 0.342 e. The van der Waals surface area contributed by atoms with Crippen LogP contribution in [0.15, 0.2) is 121 Å². The molecule has 25 heteroatoms. The number of hydrogen-bond donors (Lipinski definition) is 1. The van der Waals surface area contributed by atoms with Crippen molar-refractivity contribution in [2.75, 3.05) is 74.7 Å². The second-order valence-electron chi connectivity index (χ2n) is 27.1. The van der Waals surface area contributed by atoms with Crippen LogP contribution < -0.4 is 18.9 Å². The second-order valence-corrected chi connectivity index (χ2v) is 40.0. The van der Waals surface area contributed by atoms with E-state index in [0.717, 1.165) is 18.3 Å². The van der Waals surface area contributed by atoms with E-state index >= 15 is 0 Å². The Bertz CT molecular complexity index is 3430. The van der Waals surface area contributed by atoms with Gasteiger partial charge in [-0.1, -0.05) is 133 Å². The van der Waals surface area contributed by atoms with Crippen LogP contribution in [0.4, 0.5) is 0 Å². The first-order valence-corrected chi connectivity index (χ1v) is 41.8. The Morgan fingerprint density at radius 2 is 0.949 bits per heavy atom. The SMILES string of the molecule is C.COCOc1cc(OC)cc(/C=C/C[C@@H]2OC(C)(C)O[C@@H]2C(/C=C\[C@H](C)CO)OC(=O)c2ccccc2)c1C(=O)OCC[Si](C)(C)C.COCOc1cc(OC)cc(/C=C/C[C@@H]2OC(C)(C)O[C@@H]2C(/C=C\[C@H](C)COS(C)(=O)=O)OC(=O)c2ccccc2)c1C(=O)OCC[Si](C)(C)C. The Morgan fingerprint density at radius 3 is 1.29 bits per heavy atom. The fourth-order valence-electron chi connectivity index (χ4n) is 9.89. The van der Waals surface area contributed by atoms with Gasteiger partial charge < -0.3 is 71.4 Å². The third-order valence-corrected chi connectivity index (χ3v) is 18.9. The van der Waals surface area contributed by atoms with E-state index in [0.29, 0.717) is 53.2 Å². The summed E-state index contributed by atoms with van der Waals surface area (Å²) in [7, 11) is -0.497. The van der Waals surface area contributed by atoms with Gasteiger partial charge in [-0.2, -0.15) is 8.42 Å². The van der Waals surface area contributed by atoms with Crippen LogP contribution in [0.2, 0.25) is 51.4 Å². The standard InChI is InChI=1S/C37H52O12SSi.C36H50O10Si.CH4/c1-26(24-46-50(6,40)41)18-19-30(47-35(38)27-14-11-10-12-15-27)34-31(48-37(2,3)49-34)17-13-16-28-22-29(43-5)23-32(45-25-42-4)33(28)36(39)44-20-21-51(7,8)9;1-25(23-37)17-18-29(44-34(38)26-13-10-9-11-14-26)33-30(45-36(2,3)46-33)16-12-15-27-21-28(41-5)22-31(43-24-40-4)32(27)35(39)42-19-20-47(6,7)8;/h10-16,18-19,22-23,26,30-31,34H,17,20-21,24-25H2,1-9H3;9-15,17-18,21-22,25,29-30,33,37H,16,19-20,23-24H2,1-8H3;1H4/b16-13+,19-18-;15-12+,18-17-;/t26-,30?,31-,34+;25-,29?,30-,33+;/m00./s1. The maximum atomic E-state index is 13.5. The molecule has 2 saturated heterocycles. The number of aliphatic hydroxyl groups is 1. The highest BCUT2D eigenvalue weighted by Crippen LogP contribution is 2.38. The van der Waals surface area contributed by atoms with Crippen molar-refractivity contribution >= 4 is 62.3 Å². The first kappa shape index (κ1) is 84.4. The van der Waals surface area contributed by atoms with Crippen LogP contribution in [0.25, 0.3) is 12.2 Å². The summed E-state index contributed by atoms with van der Waals surface area (Å²) >= 11 is 0. The van der Waals surface area contributed by atoms with E-state index in [1.54, 1.807) is 150 Å². The number of aliphatic hydroxyl groups excluding tert-OH is 1. The highest BCUT2D eigenvalue weighted by atomic mass is 32.2. The van der Waals surface area contributed by atoms with Crippen LogP contribution in [-0.2, 0) is 61.7 Å². The maximum absolute atomic E-state index is 13.5. The van der Waals surface area contributed by atoms with Crippen molar-refractivity contribution in [2.45, 2.75) is 161 Å². The lowest BCUT2D eigenvalue weighted by atomic mass is 10.0. The number of ether oxygens (including phenoxy) is 14. The van der Waals surface area contributed by atoms with Gasteiger partial charge in [0, 0.05) is 49.1 Å². The fourth-order valence-corrected chi connectivity index (χ4v) is 11.8. The van der Waals surface area contributed by atoms with Crippen LogP contribution in [0.3, 0.4) is 0 Å². The Hall–Kier alpha value is -7.02. The molecule has 0 bridgehead atoms. The molecule has 1 N–H and O–H groups in total. The molecule has 4 aromatic rings. The highest BCUT2D eigenvalue weighted by Gasteiger charge is 2.47. The zero-order valence-electron chi connectivity index (χ0n) is 59.8. The second kappa shape index (κ2) is 39.8. The lowest BCUT2D eigenvalue weighted by Gasteiger charge is -2.24. The Morgan fingerprint density at radius 1 is 0.566 bits per heavy atom. The van der Waals surface area contributed by atoms with E-state index in [9.17, 15) is 32.7 Å². The van der Waals surface area contributed by atoms with Crippen molar-refractivity contribution < 1.29 is 103 Å². The lowest BCUT2D eigenvalue weighted by Crippen LogP contribution is -2.37. The molecule has 2 fully saturated rings. The molecule has 6 rings (SSSR count). The average molecular weight is 1440 g/mol. The number of carbonyl (C=O) groups excluding carboxylic acids is 4. The van der Waals surface area contributed by atoms with Crippen molar-refractivity contribution in [3.8, 4) is 23.0 Å². The summed E-state index contributed by atoms with van der Waals surface area (Å²) in [5.74, 6) is -3.11. The van der Waals surface area contributed by atoms with Gasteiger partial charge in [-0.15, -0.1) is 0 Å². The summed E-state index contributed by atoms with van der Waals surface area (Å²) in [6.45, 7) is 24.3. The first-order chi connectivity index (χ1) is 46.2. The van der Waals surface area contributed by atoms with Gasteiger partial charge in [-0.3, -0.25) is 4.18 Å². The number of rotatable bonds is 36. The Labute approximate surface area is 588 Å². The summed E-state index contributed by atoms with van der Waals surface area (Å²) in [5, 5.41) is 9.60. The topological polar surface area (TPSA) is 261 Å². The van der Waals surface area contributed by atoms with E-state index in [4.69, 9.17) is 70.5 Å². The molecule has 0 aromatic heterocycles. The van der Waals surface area contributed by atoms with Crippen LogP contribution in [-0.4, -0.2) is 176 Å². The molecule has 8 atom stereocenters. The van der Waals surface area contributed by atoms with Crippen LogP contribution in [0, 0.1) is 11.8 Å². The number of methoxy groups -OCH3 is 4. The van der Waals surface area contributed by atoms with Crippen LogP contribution >= 0.6 is 0 Å². The quantitative estimate of drug-likeness (QED) is 0.0111. The largest absolute Gasteiger partial charge is 0.497 e. The lowest BCUT2D eigenvalue weighted by molar-refractivity contribution is -0.153. The van der Waals surface area contributed by atoms with E-state index < -0.39 is 98.3 Å².